The predicted molar refractivity (Wildman–Crippen MR) is 105 cm³/mol. The Labute approximate surface area is 155 Å². The molecule has 26 heavy (non-hydrogen) atoms. The van der Waals surface area contributed by atoms with Crippen molar-refractivity contribution in [1.29, 1.82) is 0 Å². The third kappa shape index (κ3) is 3.38. The molecule has 5 heteroatoms. The summed E-state index contributed by atoms with van der Waals surface area (Å²) < 4.78 is 0. The maximum atomic E-state index is 13.0. The second-order valence-corrected chi connectivity index (χ2v) is 6.62. The average Bonchev–Trinajstić information content (AvgIpc) is 3.13. The van der Waals surface area contributed by atoms with Gasteiger partial charge in [-0.3, -0.25) is 9.78 Å². The molecule has 0 aliphatic rings. The molecule has 4 nitrogen and oxygen atoms in total. The van der Waals surface area contributed by atoms with Gasteiger partial charge in [-0.2, -0.15) is 0 Å². The van der Waals surface area contributed by atoms with E-state index in [9.17, 15) is 4.79 Å². The van der Waals surface area contributed by atoms with E-state index in [-0.39, 0.29) is 5.78 Å². The summed E-state index contributed by atoms with van der Waals surface area (Å²) >= 11 is 1.35. The molecule has 1 N–H and O–H groups in total. The number of thiazole rings is 1. The molecule has 0 unspecified atom stereocenters. The van der Waals surface area contributed by atoms with Crippen molar-refractivity contribution in [3.63, 3.8) is 0 Å². The zero-order valence-corrected chi connectivity index (χ0v) is 14.6. The lowest BCUT2D eigenvalue weighted by Crippen LogP contribution is -2.00. The van der Waals surface area contributed by atoms with Crippen LogP contribution in [0.15, 0.2) is 85.2 Å². The van der Waals surface area contributed by atoms with Crippen molar-refractivity contribution in [2.75, 3.05) is 5.32 Å². The Morgan fingerprint density at radius 3 is 2.31 bits per heavy atom. The molecule has 0 radical (unpaired) electrons. The van der Waals surface area contributed by atoms with E-state index >= 15 is 0 Å². The maximum absolute atomic E-state index is 13.0. The molecular formula is C21H15N3OS. The van der Waals surface area contributed by atoms with E-state index in [4.69, 9.17) is 0 Å². The molecule has 2 aromatic carbocycles. The molecule has 4 aromatic rings. The minimum atomic E-state index is -0.0267. The Morgan fingerprint density at radius 2 is 1.62 bits per heavy atom. The average molecular weight is 357 g/mol. The second-order valence-electron chi connectivity index (χ2n) is 5.62. The molecule has 126 valence electrons. The zero-order chi connectivity index (χ0) is 17.8. The Bertz CT molecular complexity index is 1020. The molecule has 0 amide bonds. The molecule has 0 aliphatic carbocycles. The quantitative estimate of drug-likeness (QED) is 0.500. The summed E-state index contributed by atoms with van der Waals surface area (Å²) in [7, 11) is 0. The molecule has 0 saturated carbocycles. The first-order chi connectivity index (χ1) is 12.8. The third-order valence-electron chi connectivity index (χ3n) is 3.83. The standard InChI is InChI=1S/C21H15N3OS/c25-19(16-10-5-2-6-11-16)20-18(15-8-3-1-4-9-15)24-21(26-20)23-17-12-7-13-22-14-17/h1-14H,(H,23,24). The van der Waals surface area contributed by atoms with Gasteiger partial charge in [-0.1, -0.05) is 72.0 Å². The number of benzene rings is 2. The first kappa shape index (κ1) is 16.2. The SMILES string of the molecule is O=C(c1ccccc1)c1sc(Nc2cccnc2)nc1-c1ccccc1. The summed E-state index contributed by atoms with van der Waals surface area (Å²) in [6.07, 6.45) is 3.44. The Hall–Kier alpha value is -3.31. The molecule has 0 spiro atoms. The van der Waals surface area contributed by atoms with Crippen molar-refractivity contribution in [2.45, 2.75) is 0 Å². The van der Waals surface area contributed by atoms with Crippen molar-refractivity contribution in [3.8, 4) is 11.3 Å². The van der Waals surface area contributed by atoms with Crippen molar-refractivity contribution in [2.24, 2.45) is 0 Å². The van der Waals surface area contributed by atoms with E-state index in [1.165, 1.54) is 11.3 Å². The van der Waals surface area contributed by atoms with Crippen LogP contribution in [0.1, 0.15) is 15.2 Å². The van der Waals surface area contributed by atoms with Gasteiger partial charge in [0, 0.05) is 17.3 Å². The van der Waals surface area contributed by atoms with Gasteiger partial charge in [0.2, 0.25) is 5.78 Å². The number of anilines is 2. The fourth-order valence-electron chi connectivity index (χ4n) is 2.60. The molecule has 2 heterocycles. The largest absolute Gasteiger partial charge is 0.330 e. The molecule has 0 bridgehead atoms. The van der Waals surface area contributed by atoms with E-state index in [0.29, 0.717) is 21.3 Å². The zero-order valence-electron chi connectivity index (χ0n) is 13.8. The smallest absolute Gasteiger partial charge is 0.205 e. The van der Waals surface area contributed by atoms with Crippen molar-refractivity contribution in [3.05, 3.63) is 95.6 Å². The predicted octanol–water partition coefficient (Wildman–Crippen LogP) is 5.18. The highest BCUT2D eigenvalue weighted by Gasteiger charge is 2.20. The van der Waals surface area contributed by atoms with Gasteiger partial charge in [0.15, 0.2) is 5.13 Å². The van der Waals surface area contributed by atoms with Gasteiger partial charge < -0.3 is 5.32 Å². The first-order valence-corrected chi connectivity index (χ1v) is 8.96. The van der Waals surface area contributed by atoms with Gasteiger partial charge in [-0.25, -0.2) is 4.98 Å². The van der Waals surface area contributed by atoms with Crippen LogP contribution >= 0.6 is 11.3 Å². The molecule has 0 saturated heterocycles. The number of carbonyl (C=O) groups is 1. The topological polar surface area (TPSA) is 54.9 Å². The Balaban J connectivity index is 1.77. The summed E-state index contributed by atoms with van der Waals surface area (Å²) in [5.41, 5.74) is 3.10. The third-order valence-corrected chi connectivity index (χ3v) is 4.80. The van der Waals surface area contributed by atoms with Gasteiger partial charge in [0.05, 0.1) is 17.6 Å². The van der Waals surface area contributed by atoms with E-state index in [0.717, 1.165) is 11.3 Å². The summed E-state index contributed by atoms with van der Waals surface area (Å²) in [5, 5.41) is 3.90. The number of hydrogen-bond donors (Lipinski definition) is 1. The van der Waals surface area contributed by atoms with Gasteiger partial charge in [-0.05, 0) is 12.1 Å². The van der Waals surface area contributed by atoms with Gasteiger partial charge in [-0.15, -0.1) is 0 Å². The molecule has 2 aromatic heterocycles. The van der Waals surface area contributed by atoms with E-state index in [1.807, 2.05) is 72.8 Å². The van der Waals surface area contributed by atoms with E-state index in [2.05, 4.69) is 15.3 Å². The number of pyridine rings is 1. The van der Waals surface area contributed by atoms with E-state index in [1.54, 1.807) is 12.4 Å². The van der Waals surface area contributed by atoms with Crippen LogP contribution in [0.3, 0.4) is 0 Å². The number of aromatic nitrogens is 2. The minimum Gasteiger partial charge on any atom is -0.330 e. The van der Waals surface area contributed by atoms with E-state index < -0.39 is 0 Å². The van der Waals surface area contributed by atoms with Gasteiger partial charge >= 0.3 is 0 Å². The number of nitrogens with one attached hydrogen (secondary N) is 1. The number of rotatable bonds is 5. The Morgan fingerprint density at radius 1 is 0.885 bits per heavy atom. The van der Waals surface area contributed by atoms with Crippen LogP contribution in [0.25, 0.3) is 11.3 Å². The summed E-state index contributed by atoms with van der Waals surface area (Å²) in [5.74, 6) is -0.0267. The minimum absolute atomic E-state index is 0.0267. The maximum Gasteiger partial charge on any atom is 0.205 e. The lowest BCUT2D eigenvalue weighted by Gasteiger charge is -2.02. The van der Waals surface area contributed by atoms with Gasteiger partial charge in [0.1, 0.15) is 4.88 Å². The van der Waals surface area contributed by atoms with Crippen LogP contribution in [0, 0.1) is 0 Å². The molecule has 0 aliphatic heterocycles. The summed E-state index contributed by atoms with van der Waals surface area (Å²) in [6, 6.07) is 22.8. The molecule has 0 atom stereocenters. The summed E-state index contributed by atoms with van der Waals surface area (Å²) in [4.78, 5) is 22.4. The molecular weight excluding hydrogens is 342 g/mol. The normalized spacial score (nSPS) is 10.5. The summed E-state index contributed by atoms with van der Waals surface area (Å²) in [6.45, 7) is 0. The van der Waals surface area contributed by atoms with Crippen LogP contribution in [0.4, 0.5) is 10.8 Å². The van der Waals surface area contributed by atoms with Crippen LogP contribution in [0.5, 0.6) is 0 Å². The number of hydrogen-bond acceptors (Lipinski definition) is 5. The van der Waals surface area contributed by atoms with Crippen LogP contribution < -0.4 is 5.32 Å². The van der Waals surface area contributed by atoms with Crippen LogP contribution in [-0.4, -0.2) is 15.8 Å². The molecule has 0 fully saturated rings. The van der Waals surface area contributed by atoms with Crippen molar-refractivity contribution < 1.29 is 4.79 Å². The lowest BCUT2D eigenvalue weighted by molar-refractivity contribution is 0.104. The Kier molecular flexibility index (Phi) is 4.53. The lowest BCUT2D eigenvalue weighted by atomic mass is 10.1. The van der Waals surface area contributed by atoms with Crippen molar-refractivity contribution in [1.82, 2.24) is 9.97 Å². The van der Waals surface area contributed by atoms with Gasteiger partial charge in [0.25, 0.3) is 0 Å². The van der Waals surface area contributed by atoms with Crippen LogP contribution in [0.2, 0.25) is 0 Å². The number of nitrogens with zero attached hydrogens (tertiary/aromatic N) is 2. The fourth-order valence-corrected chi connectivity index (χ4v) is 3.57. The van der Waals surface area contributed by atoms with Crippen LogP contribution in [-0.2, 0) is 0 Å². The number of ketones is 1. The second kappa shape index (κ2) is 7.29. The highest BCUT2D eigenvalue weighted by atomic mass is 32.1. The number of carbonyl (C=O) groups excluding carboxylic acids is 1. The highest BCUT2D eigenvalue weighted by molar-refractivity contribution is 7.18. The highest BCUT2D eigenvalue weighted by Crippen LogP contribution is 2.34. The molecule has 4 rings (SSSR count). The first-order valence-electron chi connectivity index (χ1n) is 8.14. The fraction of sp³-hybridized carbons (Fsp3) is 0. The monoisotopic (exact) mass is 357 g/mol. The van der Waals surface area contributed by atoms with Crippen molar-refractivity contribution >= 4 is 27.9 Å².